The van der Waals surface area contributed by atoms with Crippen LogP contribution in [-0.2, 0) is 4.79 Å². The minimum absolute atomic E-state index is 0.0107. The van der Waals surface area contributed by atoms with E-state index in [1.54, 1.807) is 0 Å². The van der Waals surface area contributed by atoms with Gasteiger partial charge in [-0.1, -0.05) is 18.2 Å². The van der Waals surface area contributed by atoms with Crippen LogP contribution in [0.2, 0.25) is 0 Å². The van der Waals surface area contributed by atoms with E-state index >= 15 is 0 Å². The maximum atomic E-state index is 11.7. The normalized spacial score (nSPS) is 18.6. The van der Waals surface area contributed by atoms with Gasteiger partial charge in [0.25, 0.3) is 0 Å². The van der Waals surface area contributed by atoms with Crippen molar-refractivity contribution in [1.82, 2.24) is 10.6 Å². The number of rotatable bonds is 5. The van der Waals surface area contributed by atoms with Gasteiger partial charge in [0.15, 0.2) is 0 Å². The first-order valence-electron chi connectivity index (χ1n) is 6.47. The highest BCUT2D eigenvalue weighted by Gasteiger charge is 2.21. The van der Waals surface area contributed by atoms with Crippen molar-refractivity contribution < 1.29 is 9.53 Å². The van der Waals surface area contributed by atoms with E-state index in [1.807, 2.05) is 31.2 Å². The number of hydrogen-bond acceptors (Lipinski definition) is 3. The Balaban J connectivity index is 1.67. The maximum Gasteiger partial charge on any atom is 0.237 e. The molecule has 0 aromatic heterocycles. The molecule has 1 amide bonds. The molecule has 1 aromatic rings. The zero-order valence-corrected chi connectivity index (χ0v) is 10.7. The molecule has 1 heterocycles. The van der Waals surface area contributed by atoms with Crippen molar-refractivity contribution in [2.45, 2.75) is 25.8 Å². The topological polar surface area (TPSA) is 50.4 Å². The van der Waals surface area contributed by atoms with Gasteiger partial charge in [-0.2, -0.15) is 0 Å². The number of aryl methyl sites for hydroxylation is 1. The molecule has 18 heavy (non-hydrogen) atoms. The first-order valence-corrected chi connectivity index (χ1v) is 6.47. The molecule has 0 unspecified atom stereocenters. The maximum absolute atomic E-state index is 11.7. The molecular weight excluding hydrogens is 228 g/mol. The van der Waals surface area contributed by atoms with E-state index in [2.05, 4.69) is 10.6 Å². The van der Waals surface area contributed by atoms with E-state index in [1.165, 1.54) is 0 Å². The lowest BCUT2D eigenvalue weighted by Gasteiger charge is -2.12. The van der Waals surface area contributed by atoms with Crippen LogP contribution in [0.25, 0.3) is 0 Å². The number of carbonyl (C=O) groups excluding carboxylic acids is 1. The Labute approximate surface area is 108 Å². The van der Waals surface area contributed by atoms with E-state index in [0.717, 1.165) is 30.7 Å². The number of hydrogen-bond donors (Lipinski definition) is 2. The summed E-state index contributed by atoms with van der Waals surface area (Å²) in [5, 5.41) is 6.06. The lowest BCUT2D eigenvalue weighted by molar-refractivity contribution is -0.122. The molecule has 2 rings (SSSR count). The molecule has 0 bridgehead atoms. The summed E-state index contributed by atoms with van der Waals surface area (Å²) in [5.74, 6) is 0.964. The highest BCUT2D eigenvalue weighted by atomic mass is 16.5. The third kappa shape index (κ3) is 3.47. The van der Waals surface area contributed by atoms with Gasteiger partial charge in [0.05, 0.1) is 12.6 Å². The third-order valence-corrected chi connectivity index (χ3v) is 3.13. The van der Waals surface area contributed by atoms with Crippen LogP contribution in [0.5, 0.6) is 5.75 Å². The zero-order valence-electron chi connectivity index (χ0n) is 10.7. The summed E-state index contributed by atoms with van der Waals surface area (Å²) in [7, 11) is 0. The lowest BCUT2D eigenvalue weighted by atomic mass is 10.2. The van der Waals surface area contributed by atoms with Crippen molar-refractivity contribution in [2.24, 2.45) is 0 Å². The molecule has 0 spiro atoms. The molecule has 1 aliphatic rings. The van der Waals surface area contributed by atoms with Crippen LogP contribution >= 0.6 is 0 Å². The van der Waals surface area contributed by atoms with Gasteiger partial charge in [-0.3, -0.25) is 4.79 Å². The fourth-order valence-corrected chi connectivity index (χ4v) is 2.09. The summed E-state index contributed by atoms with van der Waals surface area (Å²) in [6, 6.07) is 7.87. The number of amides is 1. The number of nitrogens with one attached hydrogen (secondary N) is 2. The fourth-order valence-electron chi connectivity index (χ4n) is 2.09. The van der Waals surface area contributed by atoms with Crippen LogP contribution in [-0.4, -0.2) is 31.6 Å². The van der Waals surface area contributed by atoms with Gasteiger partial charge in [-0.15, -0.1) is 0 Å². The van der Waals surface area contributed by atoms with Gasteiger partial charge in [0.1, 0.15) is 12.4 Å². The summed E-state index contributed by atoms with van der Waals surface area (Å²) in [4.78, 5) is 11.7. The number of para-hydroxylation sites is 1. The van der Waals surface area contributed by atoms with Crippen molar-refractivity contribution in [3.63, 3.8) is 0 Å². The van der Waals surface area contributed by atoms with Crippen molar-refractivity contribution in [3.05, 3.63) is 29.8 Å². The Bertz CT molecular complexity index is 401. The monoisotopic (exact) mass is 248 g/mol. The van der Waals surface area contributed by atoms with E-state index < -0.39 is 0 Å². The second kappa shape index (κ2) is 6.40. The standard InChI is InChI=1S/C14H20N2O2/c1-11-5-2-3-7-13(11)18-10-9-16-14(17)12-6-4-8-15-12/h2-3,5,7,12,15H,4,6,8-10H2,1H3,(H,16,17)/t12-/m0/s1. The van der Waals surface area contributed by atoms with Crippen LogP contribution in [0.1, 0.15) is 18.4 Å². The van der Waals surface area contributed by atoms with Crippen LogP contribution in [0, 0.1) is 6.92 Å². The molecule has 4 heteroatoms. The van der Waals surface area contributed by atoms with E-state index in [0.29, 0.717) is 13.2 Å². The summed E-state index contributed by atoms with van der Waals surface area (Å²) >= 11 is 0. The molecule has 2 N–H and O–H groups in total. The molecule has 1 saturated heterocycles. The predicted octanol–water partition coefficient (Wildman–Crippen LogP) is 1.24. The molecule has 0 radical (unpaired) electrons. The van der Waals surface area contributed by atoms with Gasteiger partial charge in [-0.05, 0) is 37.9 Å². The predicted molar refractivity (Wildman–Crippen MR) is 70.7 cm³/mol. The molecular formula is C14H20N2O2. The Morgan fingerprint density at radius 3 is 3.06 bits per heavy atom. The molecule has 1 atom stereocenters. The summed E-state index contributed by atoms with van der Waals surface area (Å²) in [6.45, 7) is 4.00. The minimum atomic E-state index is -0.0107. The first-order chi connectivity index (χ1) is 8.77. The summed E-state index contributed by atoms with van der Waals surface area (Å²) in [5.41, 5.74) is 1.11. The van der Waals surface area contributed by atoms with Crippen molar-refractivity contribution in [1.29, 1.82) is 0 Å². The first kappa shape index (κ1) is 12.9. The van der Waals surface area contributed by atoms with Gasteiger partial charge in [-0.25, -0.2) is 0 Å². The molecule has 1 fully saturated rings. The van der Waals surface area contributed by atoms with Gasteiger partial charge >= 0.3 is 0 Å². The van der Waals surface area contributed by atoms with Gasteiger partial charge in [0, 0.05) is 0 Å². The molecule has 98 valence electrons. The second-order valence-electron chi connectivity index (χ2n) is 4.55. The lowest BCUT2D eigenvalue weighted by Crippen LogP contribution is -2.41. The fraction of sp³-hybridized carbons (Fsp3) is 0.500. The molecule has 0 aliphatic carbocycles. The molecule has 0 saturated carbocycles. The molecule has 1 aromatic carbocycles. The van der Waals surface area contributed by atoms with E-state index in [9.17, 15) is 4.79 Å². The van der Waals surface area contributed by atoms with Crippen LogP contribution in [0.3, 0.4) is 0 Å². The van der Waals surface area contributed by atoms with Gasteiger partial charge in [0.2, 0.25) is 5.91 Å². The molecule has 1 aliphatic heterocycles. The smallest absolute Gasteiger partial charge is 0.237 e. The second-order valence-corrected chi connectivity index (χ2v) is 4.55. The average Bonchev–Trinajstić information content (AvgIpc) is 2.90. The number of carbonyl (C=O) groups is 1. The zero-order chi connectivity index (χ0) is 12.8. The Hall–Kier alpha value is -1.55. The minimum Gasteiger partial charge on any atom is -0.491 e. The Morgan fingerprint density at radius 2 is 2.33 bits per heavy atom. The summed E-state index contributed by atoms with van der Waals surface area (Å²) in [6.07, 6.45) is 2.02. The Morgan fingerprint density at radius 1 is 1.50 bits per heavy atom. The average molecular weight is 248 g/mol. The molecule has 4 nitrogen and oxygen atoms in total. The number of benzene rings is 1. The van der Waals surface area contributed by atoms with Crippen molar-refractivity contribution in [3.8, 4) is 5.75 Å². The highest BCUT2D eigenvalue weighted by molar-refractivity contribution is 5.81. The van der Waals surface area contributed by atoms with Crippen LogP contribution in [0.4, 0.5) is 0 Å². The SMILES string of the molecule is Cc1ccccc1OCCNC(=O)[C@@H]1CCCN1. The summed E-state index contributed by atoms with van der Waals surface area (Å²) < 4.78 is 5.61. The van der Waals surface area contributed by atoms with Crippen LogP contribution in [0.15, 0.2) is 24.3 Å². The third-order valence-electron chi connectivity index (χ3n) is 3.13. The van der Waals surface area contributed by atoms with Crippen molar-refractivity contribution in [2.75, 3.05) is 19.7 Å². The van der Waals surface area contributed by atoms with E-state index in [-0.39, 0.29) is 11.9 Å². The van der Waals surface area contributed by atoms with E-state index in [4.69, 9.17) is 4.74 Å². The highest BCUT2D eigenvalue weighted by Crippen LogP contribution is 2.15. The quantitative estimate of drug-likeness (QED) is 0.771. The van der Waals surface area contributed by atoms with Crippen molar-refractivity contribution >= 4 is 5.91 Å². The van der Waals surface area contributed by atoms with Gasteiger partial charge < -0.3 is 15.4 Å². The Kier molecular flexibility index (Phi) is 4.59. The van der Waals surface area contributed by atoms with Crippen LogP contribution < -0.4 is 15.4 Å². The largest absolute Gasteiger partial charge is 0.491 e. The number of ether oxygens (including phenoxy) is 1.